The van der Waals surface area contributed by atoms with Gasteiger partial charge < -0.3 is 11.1 Å². The van der Waals surface area contributed by atoms with E-state index in [2.05, 4.69) is 10.3 Å². The normalized spacial score (nSPS) is 10.2. The maximum atomic E-state index is 10.9. The number of hydrogen-bond donors (Lipinski definition) is 2. The number of nitrogens with zero attached hydrogens (tertiary/aromatic N) is 1. The van der Waals surface area contributed by atoms with Crippen LogP contribution < -0.4 is 11.1 Å². The zero-order valence-corrected chi connectivity index (χ0v) is 11.4. The summed E-state index contributed by atoms with van der Waals surface area (Å²) >= 11 is 1.57. The van der Waals surface area contributed by atoms with Gasteiger partial charge in [-0.15, -0.1) is 0 Å². The van der Waals surface area contributed by atoms with Crippen molar-refractivity contribution in [2.45, 2.75) is 23.4 Å². The Balaban J connectivity index is 2.04. The van der Waals surface area contributed by atoms with Crippen molar-refractivity contribution >= 4 is 23.4 Å². The lowest BCUT2D eigenvalue weighted by Gasteiger charge is -2.04. The van der Waals surface area contributed by atoms with E-state index in [-0.39, 0.29) is 5.91 Å². The van der Waals surface area contributed by atoms with Gasteiger partial charge in [0, 0.05) is 30.2 Å². The van der Waals surface area contributed by atoms with E-state index in [0.29, 0.717) is 6.54 Å². The Morgan fingerprint density at radius 1 is 1.26 bits per heavy atom. The highest BCUT2D eigenvalue weighted by Gasteiger charge is 2.00. The van der Waals surface area contributed by atoms with Gasteiger partial charge in [0.05, 0.1) is 0 Å². The second-order valence-electron chi connectivity index (χ2n) is 4.02. The summed E-state index contributed by atoms with van der Waals surface area (Å²) in [5.41, 5.74) is 7.34. The minimum absolute atomic E-state index is 0.0700. The molecule has 2 aromatic rings. The molecule has 98 valence electrons. The van der Waals surface area contributed by atoms with Crippen molar-refractivity contribution in [3.63, 3.8) is 0 Å². The first-order valence-electron chi connectivity index (χ1n) is 5.88. The van der Waals surface area contributed by atoms with Crippen molar-refractivity contribution in [3.05, 3.63) is 48.2 Å². The molecule has 0 saturated heterocycles. The van der Waals surface area contributed by atoms with Crippen LogP contribution in [0.15, 0.2) is 52.5 Å². The number of pyridine rings is 1. The molecule has 0 spiro atoms. The van der Waals surface area contributed by atoms with E-state index in [1.165, 1.54) is 6.92 Å². The van der Waals surface area contributed by atoms with Crippen LogP contribution in [-0.4, -0.2) is 10.9 Å². The van der Waals surface area contributed by atoms with Gasteiger partial charge in [0.15, 0.2) is 0 Å². The number of hydrogen-bond acceptors (Lipinski definition) is 4. The number of nitrogens with one attached hydrogen (secondary N) is 1. The van der Waals surface area contributed by atoms with Crippen molar-refractivity contribution in [1.82, 2.24) is 4.98 Å². The molecule has 3 N–H and O–H groups in total. The molecule has 4 nitrogen and oxygen atoms in total. The summed E-state index contributed by atoms with van der Waals surface area (Å²) in [6.07, 6.45) is 1.79. The minimum Gasteiger partial charge on any atom is -0.326 e. The first-order valence-corrected chi connectivity index (χ1v) is 6.69. The summed E-state index contributed by atoms with van der Waals surface area (Å²) < 4.78 is 0. The molecule has 0 bridgehead atoms. The summed E-state index contributed by atoms with van der Waals surface area (Å²) in [4.78, 5) is 16.3. The SMILES string of the molecule is CC(=O)Nc1ccc(Sc2ccc(CN)cn2)cc1. The van der Waals surface area contributed by atoms with Crippen LogP contribution >= 0.6 is 11.8 Å². The number of aromatic nitrogens is 1. The number of amides is 1. The van der Waals surface area contributed by atoms with Crippen molar-refractivity contribution in [3.8, 4) is 0 Å². The van der Waals surface area contributed by atoms with Crippen LogP contribution in [0.2, 0.25) is 0 Å². The maximum absolute atomic E-state index is 10.9. The fraction of sp³-hybridized carbons (Fsp3) is 0.143. The molecule has 2 rings (SSSR count). The quantitative estimate of drug-likeness (QED) is 0.898. The summed E-state index contributed by atoms with van der Waals surface area (Å²) in [7, 11) is 0. The second-order valence-corrected chi connectivity index (χ2v) is 5.11. The molecule has 1 amide bonds. The first-order chi connectivity index (χ1) is 9.17. The lowest BCUT2D eigenvalue weighted by molar-refractivity contribution is -0.114. The van der Waals surface area contributed by atoms with E-state index in [1.807, 2.05) is 36.4 Å². The number of anilines is 1. The van der Waals surface area contributed by atoms with Crippen molar-refractivity contribution in [2.24, 2.45) is 5.73 Å². The lowest BCUT2D eigenvalue weighted by Crippen LogP contribution is -2.05. The minimum atomic E-state index is -0.0700. The lowest BCUT2D eigenvalue weighted by atomic mass is 10.3. The van der Waals surface area contributed by atoms with Gasteiger partial charge in [0.2, 0.25) is 5.91 Å². The molecule has 1 heterocycles. The van der Waals surface area contributed by atoms with E-state index in [4.69, 9.17) is 5.73 Å². The first kappa shape index (κ1) is 13.6. The van der Waals surface area contributed by atoms with E-state index in [9.17, 15) is 4.79 Å². The molecule has 0 aliphatic carbocycles. The molecule has 5 heteroatoms. The van der Waals surface area contributed by atoms with E-state index in [1.54, 1.807) is 18.0 Å². The second kappa shape index (κ2) is 6.36. The highest BCUT2D eigenvalue weighted by molar-refractivity contribution is 7.99. The smallest absolute Gasteiger partial charge is 0.221 e. The Bertz CT molecular complexity index is 552. The Hall–Kier alpha value is -1.85. The molecule has 0 radical (unpaired) electrons. The summed E-state index contributed by atoms with van der Waals surface area (Å²) in [5.74, 6) is -0.0700. The Morgan fingerprint density at radius 2 is 2.00 bits per heavy atom. The Labute approximate surface area is 116 Å². The van der Waals surface area contributed by atoms with Gasteiger partial charge in [-0.3, -0.25) is 4.79 Å². The molecule has 0 aliphatic heterocycles. The topological polar surface area (TPSA) is 68.0 Å². The largest absolute Gasteiger partial charge is 0.326 e. The number of nitrogens with two attached hydrogens (primary N) is 1. The van der Waals surface area contributed by atoms with Crippen molar-refractivity contribution in [2.75, 3.05) is 5.32 Å². The van der Waals surface area contributed by atoms with Gasteiger partial charge in [-0.05, 0) is 35.9 Å². The van der Waals surface area contributed by atoms with Gasteiger partial charge in [0.25, 0.3) is 0 Å². The Kier molecular flexibility index (Phi) is 4.54. The molecule has 1 aromatic heterocycles. The van der Waals surface area contributed by atoms with Gasteiger partial charge in [-0.25, -0.2) is 4.98 Å². The fourth-order valence-corrected chi connectivity index (χ4v) is 2.28. The van der Waals surface area contributed by atoms with Crippen LogP contribution in [0.1, 0.15) is 12.5 Å². The van der Waals surface area contributed by atoms with Crippen LogP contribution in [0.4, 0.5) is 5.69 Å². The number of carbonyl (C=O) groups excluding carboxylic acids is 1. The highest BCUT2D eigenvalue weighted by atomic mass is 32.2. The third kappa shape index (κ3) is 4.08. The molecule has 0 aliphatic rings. The van der Waals surface area contributed by atoms with Crippen molar-refractivity contribution in [1.29, 1.82) is 0 Å². The fourth-order valence-electron chi connectivity index (χ4n) is 1.52. The average molecular weight is 273 g/mol. The zero-order chi connectivity index (χ0) is 13.7. The molecule has 0 fully saturated rings. The molecule has 0 saturated carbocycles. The van der Waals surface area contributed by atoms with E-state index in [0.717, 1.165) is 21.2 Å². The predicted molar refractivity (Wildman–Crippen MR) is 77.0 cm³/mol. The third-order valence-corrected chi connectivity index (χ3v) is 3.39. The van der Waals surface area contributed by atoms with Crippen LogP contribution in [0.3, 0.4) is 0 Å². The summed E-state index contributed by atoms with van der Waals surface area (Å²) in [5, 5.41) is 3.65. The van der Waals surface area contributed by atoms with Crippen LogP contribution in [0.5, 0.6) is 0 Å². The zero-order valence-electron chi connectivity index (χ0n) is 10.6. The van der Waals surface area contributed by atoms with E-state index >= 15 is 0 Å². The predicted octanol–water partition coefficient (Wildman–Crippen LogP) is 2.65. The molecule has 1 aromatic carbocycles. The average Bonchev–Trinajstić information content (AvgIpc) is 2.41. The van der Waals surface area contributed by atoms with Gasteiger partial charge in [0.1, 0.15) is 5.03 Å². The van der Waals surface area contributed by atoms with Crippen LogP contribution in [0, 0.1) is 0 Å². The standard InChI is InChI=1S/C14H15N3OS/c1-10(18)17-12-3-5-13(6-4-12)19-14-7-2-11(8-15)9-16-14/h2-7,9H,8,15H2,1H3,(H,17,18). The summed E-state index contributed by atoms with van der Waals surface area (Å²) in [6, 6.07) is 11.6. The van der Waals surface area contributed by atoms with Crippen molar-refractivity contribution < 1.29 is 4.79 Å². The number of carbonyl (C=O) groups is 1. The van der Waals surface area contributed by atoms with Crippen LogP contribution in [0.25, 0.3) is 0 Å². The van der Waals surface area contributed by atoms with Crippen LogP contribution in [-0.2, 0) is 11.3 Å². The monoisotopic (exact) mass is 273 g/mol. The number of rotatable bonds is 4. The Morgan fingerprint density at radius 3 is 2.53 bits per heavy atom. The molecule has 0 unspecified atom stereocenters. The van der Waals surface area contributed by atoms with Gasteiger partial charge >= 0.3 is 0 Å². The van der Waals surface area contributed by atoms with Gasteiger partial charge in [-0.2, -0.15) is 0 Å². The maximum Gasteiger partial charge on any atom is 0.221 e. The van der Waals surface area contributed by atoms with Gasteiger partial charge in [-0.1, -0.05) is 17.8 Å². The highest BCUT2D eigenvalue weighted by Crippen LogP contribution is 2.26. The molecule has 19 heavy (non-hydrogen) atoms. The molecular weight excluding hydrogens is 258 g/mol. The number of benzene rings is 1. The molecular formula is C14H15N3OS. The van der Waals surface area contributed by atoms with E-state index < -0.39 is 0 Å². The molecule has 0 atom stereocenters. The summed E-state index contributed by atoms with van der Waals surface area (Å²) in [6.45, 7) is 1.99. The third-order valence-electron chi connectivity index (χ3n) is 2.43.